The van der Waals surface area contributed by atoms with Crippen LogP contribution in [0.3, 0.4) is 0 Å². The summed E-state index contributed by atoms with van der Waals surface area (Å²) in [6.45, 7) is -1.40. The lowest BCUT2D eigenvalue weighted by Gasteiger charge is -2.17. The number of benzene rings is 1. The van der Waals surface area contributed by atoms with Crippen molar-refractivity contribution in [2.45, 2.75) is 20.1 Å². The molecule has 1 aromatic carbocycles. The maximum Gasteiger partial charge on any atom is 0.387 e. The molecule has 0 atom stereocenters. The molecule has 0 aliphatic rings. The minimum absolute atomic E-state index is 0.0317. The van der Waals surface area contributed by atoms with Crippen molar-refractivity contribution in [2.24, 2.45) is 0 Å². The van der Waals surface area contributed by atoms with Gasteiger partial charge in [0.05, 0.1) is 6.26 Å². The highest BCUT2D eigenvalue weighted by Gasteiger charge is 2.20. The van der Waals surface area contributed by atoms with Crippen molar-refractivity contribution in [3.8, 4) is 16.5 Å². The van der Waals surface area contributed by atoms with E-state index in [1.54, 1.807) is 38.2 Å². The summed E-state index contributed by atoms with van der Waals surface area (Å²) in [5.41, 5.74) is 0.841. The second-order valence-corrected chi connectivity index (χ2v) is 7.45. The number of ether oxygens (including phenoxy) is 2. The van der Waals surface area contributed by atoms with Crippen molar-refractivity contribution >= 4 is 23.2 Å². The first kappa shape index (κ1) is 21.4. The van der Waals surface area contributed by atoms with Crippen LogP contribution >= 0.6 is 11.3 Å². The molecule has 158 valence electrons. The Morgan fingerprint density at radius 1 is 1.23 bits per heavy atom. The fraction of sp³-hybridized carbons (Fsp3) is 0.250. The zero-order valence-corrected chi connectivity index (χ0v) is 16.9. The Kier molecular flexibility index (Phi) is 6.78. The molecule has 7 nitrogen and oxygen atoms in total. The lowest BCUT2D eigenvalue weighted by atomic mass is 10.2. The number of aromatic nitrogens is 1. The van der Waals surface area contributed by atoms with Crippen molar-refractivity contribution in [3.05, 3.63) is 58.8 Å². The smallest absolute Gasteiger partial charge is 0.387 e. The second kappa shape index (κ2) is 9.49. The minimum Gasteiger partial charge on any atom is -0.462 e. The molecule has 0 bridgehead atoms. The van der Waals surface area contributed by atoms with Gasteiger partial charge in [-0.25, -0.2) is 9.78 Å². The molecule has 3 aromatic rings. The summed E-state index contributed by atoms with van der Waals surface area (Å²) in [7, 11) is 1.54. The fourth-order valence-electron chi connectivity index (χ4n) is 2.54. The minimum atomic E-state index is -2.90. The molecule has 0 aliphatic carbocycles. The van der Waals surface area contributed by atoms with Gasteiger partial charge in [0.15, 0.2) is 23.1 Å². The lowest BCUT2D eigenvalue weighted by molar-refractivity contribution is -0.133. The van der Waals surface area contributed by atoms with Crippen LogP contribution < -0.4 is 4.74 Å². The Bertz CT molecular complexity index is 1000. The van der Waals surface area contributed by atoms with Gasteiger partial charge in [0.25, 0.3) is 5.91 Å². The largest absolute Gasteiger partial charge is 0.462 e. The Hall–Kier alpha value is -3.27. The van der Waals surface area contributed by atoms with Gasteiger partial charge in [-0.3, -0.25) is 4.79 Å². The quantitative estimate of drug-likeness (QED) is 0.494. The molecule has 0 spiro atoms. The van der Waals surface area contributed by atoms with Gasteiger partial charge in [0.1, 0.15) is 5.75 Å². The van der Waals surface area contributed by atoms with Crippen LogP contribution in [0.25, 0.3) is 10.8 Å². The van der Waals surface area contributed by atoms with E-state index in [0.717, 1.165) is 0 Å². The van der Waals surface area contributed by atoms with E-state index in [2.05, 4.69) is 9.72 Å². The van der Waals surface area contributed by atoms with E-state index in [4.69, 9.17) is 9.15 Å². The number of aryl methyl sites for hydroxylation is 1. The average molecular weight is 436 g/mol. The standard InChI is InChI=1S/C20H18F2N2O5S/c1-12-17(23-18(30-12)15-4-3-9-27-15)19(26)28-11-16(25)24(2)10-13-5-7-14(8-6-13)29-20(21)22/h3-9,20H,10-11H2,1-2H3. The predicted octanol–water partition coefficient (Wildman–Crippen LogP) is 4.13. The van der Waals surface area contributed by atoms with Crippen molar-refractivity contribution < 1.29 is 32.3 Å². The molecule has 0 N–H and O–H groups in total. The van der Waals surface area contributed by atoms with E-state index < -0.39 is 25.1 Å². The first-order valence-corrected chi connectivity index (χ1v) is 9.61. The number of carbonyl (C=O) groups is 2. The molecule has 3 rings (SSSR count). The number of hydrogen-bond acceptors (Lipinski definition) is 7. The molecule has 1 amide bonds. The number of likely N-dealkylation sites (N-methyl/N-ethyl adjacent to an activating group) is 1. The normalized spacial score (nSPS) is 10.8. The third kappa shape index (κ3) is 5.41. The van der Waals surface area contributed by atoms with Crippen molar-refractivity contribution in [3.63, 3.8) is 0 Å². The first-order chi connectivity index (χ1) is 14.3. The number of nitrogens with zero attached hydrogens (tertiary/aromatic N) is 2. The number of alkyl halides is 2. The molecule has 0 saturated carbocycles. The Morgan fingerprint density at radius 2 is 1.97 bits per heavy atom. The number of thiazole rings is 1. The summed E-state index contributed by atoms with van der Waals surface area (Å²) < 4.78 is 39.0. The van der Waals surface area contributed by atoms with Crippen LogP contribution in [-0.4, -0.2) is 42.0 Å². The van der Waals surface area contributed by atoms with Crippen LogP contribution in [0, 0.1) is 6.92 Å². The van der Waals surface area contributed by atoms with Crippen LogP contribution in [-0.2, 0) is 16.1 Å². The maximum absolute atomic E-state index is 12.3. The molecular formula is C20H18F2N2O5S. The van der Waals surface area contributed by atoms with Gasteiger partial charge in [-0.05, 0) is 36.8 Å². The monoisotopic (exact) mass is 436 g/mol. The summed E-state index contributed by atoms with van der Waals surface area (Å²) in [6, 6.07) is 9.38. The predicted molar refractivity (Wildman–Crippen MR) is 104 cm³/mol. The SMILES string of the molecule is Cc1sc(-c2ccco2)nc1C(=O)OCC(=O)N(C)Cc1ccc(OC(F)F)cc1. The first-order valence-electron chi connectivity index (χ1n) is 8.79. The zero-order chi connectivity index (χ0) is 21.7. The number of amides is 1. The highest BCUT2D eigenvalue weighted by molar-refractivity contribution is 7.15. The van der Waals surface area contributed by atoms with Crippen LogP contribution in [0.15, 0.2) is 47.1 Å². The van der Waals surface area contributed by atoms with E-state index in [0.29, 0.717) is 21.2 Å². The van der Waals surface area contributed by atoms with Gasteiger partial charge in [-0.1, -0.05) is 12.1 Å². The molecule has 0 radical (unpaired) electrons. The summed E-state index contributed by atoms with van der Waals surface area (Å²) in [6.07, 6.45) is 1.51. The molecule has 2 heterocycles. The van der Waals surface area contributed by atoms with E-state index in [1.807, 2.05) is 0 Å². The molecule has 0 unspecified atom stereocenters. The van der Waals surface area contributed by atoms with Crippen LogP contribution in [0.4, 0.5) is 8.78 Å². The van der Waals surface area contributed by atoms with Gasteiger partial charge in [0, 0.05) is 18.5 Å². The van der Waals surface area contributed by atoms with Crippen molar-refractivity contribution in [1.82, 2.24) is 9.88 Å². The summed E-state index contributed by atoms with van der Waals surface area (Å²) in [5, 5.41) is 0.548. The fourth-order valence-corrected chi connectivity index (χ4v) is 3.40. The molecular weight excluding hydrogens is 418 g/mol. The van der Waals surface area contributed by atoms with Crippen LogP contribution in [0.5, 0.6) is 5.75 Å². The van der Waals surface area contributed by atoms with Gasteiger partial charge < -0.3 is 18.8 Å². The Morgan fingerprint density at radius 3 is 2.60 bits per heavy atom. The highest BCUT2D eigenvalue weighted by Crippen LogP contribution is 2.28. The van der Waals surface area contributed by atoms with E-state index in [1.165, 1.54) is 34.6 Å². The zero-order valence-electron chi connectivity index (χ0n) is 16.1. The molecule has 0 saturated heterocycles. The number of furan rings is 1. The number of carbonyl (C=O) groups excluding carboxylic acids is 2. The third-order valence-corrected chi connectivity index (χ3v) is 5.03. The molecule has 0 aliphatic heterocycles. The average Bonchev–Trinajstić information content (AvgIpc) is 3.36. The highest BCUT2D eigenvalue weighted by atomic mass is 32.1. The van der Waals surface area contributed by atoms with Gasteiger partial charge in [-0.15, -0.1) is 11.3 Å². The third-order valence-electron chi connectivity index (χ3n) is 4.04. The Labute approximate surface area is 174 Å². The number of hydrogen-bond donors (Lipinski definition) is 0. The van der Waals surface area contributed by atoms with Gasteiger partial charge >= 0.3 is 12.6 Å². The number of rotatable bonds is 8. The molecule has 0 fully saturated rings. The maximum atomic E-state index is 12.3. The van der Waals surface area contributed by atoms with E-state index in [-0.39, 0.29) is 18.0 Å². The number of esters is 1. The second-order valence-electron chi connectivity index (χ2n) is 6.25. The Balaban J connectivity index is 1.53. The van der Waals surface area contributed by atoms with Crippen molar-refractivity contribution in [2.75, 3.05) is 13.7 Å². The summed E-state index contributed by atoms with van der Waals surface area (Å²) in [4.78, 5) is 30.8. The molecule has 30 heavy (non-hydrogen) atoms. The van der Waals surface area contributed by atoms with E-state index in [9.17, 15) is 18.4 Å². The lowest BCUT2D eigenvalue weighted by Crippen LogP contribution is -2.31. The van der Waals surface area contributed by atoms with Crippen molar-refractivity contribution in [1.29, 1.82) is 0 Å². The van der Waals surface area contributed by atoms with Gasteiger partial charge in [0.2, 0.25) is 0 Å². The van der Waals surface area contributed by atoms with Crippen LogP contribution in [0.1, 0.15) is 20.9 Å². The van der Waals surface area contributed by atoms with Gasteiger partial charge in [-0.2, -0.15) is 8.78 Å². The summed E-state index contributed by atoms with van der Waals surface area (Å²) in [5.74, 6) is -0.542. The number of halogens is 2. The van der Waals surface area contributed by atoms with Crippen LogP contribution in [0.2, 0.25) is 0 Å². The molecule has 2 aromatic heterocycles. The topological polar surface area (TPSA) is 81.9 Å². The molecule has 10 heteroatoms. The summed E-state index contributed by atoms with van der Waals surface area (Å²) >= 11 is 1.29. The van der Waals surface area contributed by atoms with E-state index >= 15 is 0 Å².